The van der Waals surface area contributed by atoms with E-state index >= 15 is 0 Å². The first-order valence-electron chi connectivity index (χ1n) is 9.43. The third-order valence-electron chi connectivity index (χ3n) is 4.17. The average Bonchev–Trinajstić information content (AvgIpc) is 2.98. The SMILES string of the molecule is CCNC(=NCc1c(CC)nn(C)c1CC)NCCSc1ccccc1.I. The zero-order valence-electron chi connectivity index (χ0n) is 16.8. The second-order valence-electron chi connectivity index (χ2n) is 5.99. The van der Waals surface area contributed by atoms with Crippen molar-refractivity contribution in [3.63, 3.8) is 0 Å². The van der Waals surface area contributed by atoms with E-state index in [1.54, 1.807) is 0 Å². The first-order valence-corrected chi connectivity index (χ1v) is 10.4. The van der Waals surface area contributed by atoms with Crippen LogP contribution in [0.3, 0.4) is 0 Å². The first-order chi connectivity index (χ1) is 12.7. The number of nitrogens with one attached hydrogen (secondary N) is 2. The molecular formula is C20H32IN5S. The third-order valence-corrected chi connectivity index (χ3v) is 5.19. The Hall–Kier alpha value is -1.22. The minimum atomic E-state index is 0. The Morgan fingerprint density at radius 3 is 2.48 bits per heavy atom. The van der Waals surface area contributed by atoms with Gasteiger partial charge in [-0.2, -0.15) is 5.10 Å². The van der Waals surface area contributed by atoms with Crippen LogP contribution in [0.25, 0.3) is 0 Å². The lowest BCUT2D eigenvalue weighted by atomic mass is 10.1. The predicted octanol–water partition coefficient (Wildman–Crippen LogP) is 4.01. The molecule has 1 aromatic carbocycles. The molecule has 2 aromatic rings. The molecule has 2 rings (SSSR count). The molecule has 1 heterocycles. The Balaban J connectivity index is 0.00000364. The number of guanidine groups is 1. The van der Waals surface area contributed by atoms with Gasteiger partial charge in [-0.15, -0.1) is 35.7 Å². The molecule has 27 heavy (non-hydrogen) atoms. The van der Waals surface area contributed by atoms with Gasteiger partial charge in [-0.3, -0.25) is 4.68 Å². The number of benzene rings is 1. The Bertz CT molecular complexity index is 700. The van der Waals surface area contributed by atoms with Gasteiger partial charge in [-0.1, -0.05) is 32.0 Å². The molecule has 150 valence electrons. The van der Waals surface area contributed by atoms with E-state index in [1.807, 2.05) is 29.6 Å². The molecule has 0 unspecified atom stereocenters. The van der Waals surface area contributed by atoms with Gasteiger partial charge in [0.25, 0.3) is 0 Å². The van der Waals surface area contributed by atoms with Gasteiger partial charge in [-0.05, 0) is 31.9 Å². The van der Waals surface area contributed by atoms with Crippen LogP contribution >= 0.6 is 35.7 Å². The number of halogens is 1. The Labute approximate surface area is 184 Å². The Morgan fingerprint density at radius 2 is 1.85 bits per heavy atom. The van der Waals surface area contributed by atoms with Crippen LogP contribution in [0, 0.1) is 0 Å². The third kappa shape index (κ3) is 7.37. The van der Waals surface area contributed by atoms with Crippen LogP contribution in [0.15, 0.2) is 40.2 Å². The highest BCUT2D eigenvalue weighted by atomic mass is 127. The van der Waals surface area contributed by atoms with Crippen molar-refractivity contribution in [3.8, 4) is 0 Å². The monoisotopic (exact) mass is 501 g/mol. The summed E-state index contributed by atoms with van der Waals surface area (Å²) in [7, 11) is 2.02. The van der Waals surface area contributed by atoms with Gasteiger partial charge in [0.05, 0.1) is 12.2 Å². The van der Waals surface area contributed by atoms with Crippen LogP contribution in [-0.4, -0.2) is 34.6 Å². The molecule has 0 aliphatic heterocycles. The zero-order chi connectivity index (χ0) is 18.8. The topological polar surface area (TPSA) is 54.2 Å². The average molecular weight is 501 g/mol. The highest BCUT2D eigenvalue weighted by molar-refractivity contribution is 14.0. The fourth-order valence-electron chi connectivity index (χ4n) is 2.93. The normalized spacial score (nSPS) is 11.2. The highest BCUT2D eigenvalue weighted by Crippen LogP contribution is 2.17. The molecule has 0 radical (unpaired) electrons. The molecule has 7 heteroatoms. The lowest BCUT2D eigenvalue weighted by Gasteiger charge is -2.11. The largest absolute Gasteiger partial charge is 0.357 e. The molecule has 0 aliphatic rings. The summed E-state index contributed by atoms with van der Waals surface area (Å²) in [4.78, 5) is 6.09. The number of aryl methyl sites for hydroxylation is 2. The molecule has 0 fully saturated rings. The Morgan fingerprint density at radius 1 is 1.11 bits per heavy atom. The summed E-state index contributed by atoms with van der Waals surface area (Å²) in [6.45, 7) is 8.81. The molecule has 0 saturated heterocycles. The van der Waals surface area contributed by atoms with E-state index in [0.29, 0.717) is 6.54 Å². The molecular weight excluding hydrogens is 469 g/mol. The number of thioether (sulfide) groups is 1. The number of rotatable bonds is 9. The smallest absolute Gasteiger partial charge is 0.191 e. The summed E-state index contributed by atoms with van der Waals surface area (Å²) in [6.07, 6.45) is 1.92. The van der Waals surface area contributed by atoms with Gasteiger partial charge < -0.3 is 10.6 Å². The van der Waals surface area contributed by atoms with Crippen LogP contribution in [0.1, 0.15) is 37.7 Å². The van der Waals surface area contributed by atoms with Gasteiger partial charge in [-0.25, -0.2) is 4.99 Å². The maximum atomic E-state index is 4.79. The van der Waals surface area contributed by atoms with Gasteiger partial charge in [0.1, 0.15) is 0 Å². The molecule has 0 saturated carbocycles. The van der Waals surface area contributed by atoms with Crippen LogP contribution in [0.5, 0.6) is 0 Å². The van der Waals surface area contributed by atoms with Crippen molar-refractivity contribution in [2.75, 3.05) is 18.8 Å². The fourth-order valence-corrected chi connectivity index (χ4v) is 3.72. The van der Waals surface area contributed by atoms with Crippen LogP contribution in [0.2, 0.25) is 0 Å². The van der Waals surface area contributed by atoms with E-state index < -0.39 is 0 Å². The van der Waals surface area contributed by atoms with E-state index in [1.165, 1.54) is 16.2 Å². The maximum Gasteiger partial charge on any atom is 0.191 e. The van der Waals surface area contributed by atoms with Crippen molar-refractivity contribution >= 4 is 41.7 Å². The highest BCUT2D eigenvalue weighted by Gasteiger charge is 2.13. The summed E-state index contributed by atoms with van der Waals surface area (Å²) in [5, 5.41) is 11.4. The number of aliphatic imine (C=N–C) groups is 1. The minimum Gasteiger partial charge on any atom is -0.357 e. The quantitative estimate of drug-likeness (QED) is 0.179. The van der Waals surface area contributed by atoms with Crippen LogP contribution in [-0.2, 0) is 26.4 Å². The van der Waals surface area contributed by atoms with Gasteiger partial charge in [0.15, 0.2) is 5.96 Å². The van der Waals surface area contributed by atoms with Crippen molar-refractivity contribution < 1.29 is 0 Å². The summed E-state index contributed by atoms with van der Waals surface area (Å²) in [6, 6.07) is 10.5. The fraction of sp³-hybridized carbons (Fsp3) is 0.500. The summed E-state index contributed by atoms with van der Waals surface area (Å²) in [5.41, 5.74) is 3.71. The van der Waals surface area contributed by atoms with Crippen molar-refractivity contribution in [3.05, 3.63) is 47.3 Å². The van der Waals surface area contributed by atoms with Crippen molar-refractivity contribution in [1.82, 2.24) is 20.4 Å². The first kappa shape index (κ1) is 23.8. The summed E-state index contributed by atoms with van der Waals surface area (Å²) in [5.74, 6) is 1.87. The lowest BCUT2D eigenvalue weighted by molar-refractivity contribution is 0.703. The number of nitrogens with zero attached hydrogens (tertiary/aromatic N) is 3. The van der Waals surface area contributed by atoms with Gasteiger partial charge >= 0.3 is 0 Å². The zero-order valence-corrected chi connectivity index (χ0v) is 19.9. The predicted molar refractivity (Wildman–Crippen MR) is 127 cm³/mol. The van der Waals surface area contributed by atoms with Crippen LogP contribution < -0.4 is 10.6 Å². The van der Waals surface area contributed by atoms with E-state index in [0.717, 1.165) is 43.3 Å². The molecule has 0 bridgehead atoms. The van der Waals surface area contributed by atoms with Crippen molar-refractivity contribution in [2.45, 2.75) is 45.1 Å². The second-order valence-corrected chi connectivity index (χ2v) is 7.15. The van der Waals surface area contributed by atoms with Crippen molar-refractivity contribution in [2.24, 2.45) is 12.0 Å². The van der Waals surface area contributed by atoms with Gasteiger partial charge in [0, 0.05) is 42.0 Å². The molecule has 2 N–H and O–H groups in total. The van der Waals surface area contributed by atoms with Crippen LogP contribution in [0.4, 0.5) is 0 Å². The minimum absolute atomic E-state index is 0. The summed E-state index contributed by atoms with van der Waals surface area (Å²) >= 11 is 1.85. The standard InChI is InChI=1S/C20H31N5S.HI/c1-5-18-17(19(6-2)25(4)24-18)15-23-20(21-7-3)22-13-14-26-16-11-9-8-10-12-16;/h8-12H,5-7,13-15H2,1-4H3,(H2,21,22,23);1H. The van der Waals surface area contributed by atoms with E-state index in [2.05, 4.69) is 60.8 Å². The molecule has 5 nitrogen and oxygen atoms in total. The summed E-state index contributed by atoms with van der Waals surface area (Å²) < 4.78 is 2.00. The lowest BCUT2D eigenvalue weighted by Crippen LogP contribution is -2.38. The number of hydrogen-bond acceptors (Lipinski definition) is 3. The Kier molecular flexibility index (Phi) is 11.5. The molecule has 1 aromatic heterocycles. The van der Waals surface area contributed by atoms with E-state index in [-0.39, 0.29) is 24.0 Å². The van der Waals surface area contributed by atoms with E-state index in [4.69, 9.17) is 4.99 Å². The van der Waals surface area contributed by atoms with Crippen molar-refractivity contribution in [1.29, 1.82) is 0 Å². The number of hydrogen-bond donors (Lipinski definition) is 2. The molecule has 0 aliphatic carbocycles. The van der Waals surface area contributed by atoms with Gasteiger partial charge in [0.2, 0.25) is 0 Å². The van der Waals surface area contributed by atoms with E-state index in [9.17, 15) is 0 Å². The molecule has 0 amide bonds. The number of aromatic nitrogens is 2. The molecule has 0 spiro atoms. The molecule has 0 atom stereocenters. The second kappa shape index (κ2) is 13.0. The maximum absolute atomic E-state index is 4.79.